The number of rotatable bonds is 8. The summed E-state index contributed by atoms with van der Waals surface area (Å²) in [4.78, 5) is 0. The summed E-state index contributed by atoms with van der Waals surface area (Å²) >= 11 is 0. The molecule has 3 aromatic carbocycles. The van der Waals surface area contributed by atoms with E-state index in [1.54, 1.807) is 30.3 Å². The minimum atomic E-state index is -1.06. The molecule has 0 radical (unpaired) electrons. The number of allylic oxidation sites excluding steroid dienone is 1. The summed E-state index contributed by atoms with van der Waals surface area (Å²) < 4.78 is 70.4. The van der Waals surface area contributed by atoms with E-state index in [4.69, 9.17) is 9.47 Å². The van der Waals surface area contributed by atoms with Crippen LogP contribution in [-0.4, -0.2) is 21.1 Å². The minimum Gasteiger partial charge on any atom is -0.490 e. The lowest BCUT2D eigenvalue weighted by Crippen LogP contribution is -2.21. The lowest BCUT2D eigenvalue weighted by atomic mass is 9.85. The molecule has 3 aromatic rings. The maximum atomic E-state index is 15.0. The molecule has 2 unspecified atom stereocenters. The monoisotopic (exact) mass is 496 g/mol. The molecule has 2 nitrogen and oxygen atoms in total. The van der Waals surface area contributed by atoms with E-state index >= 15 is 4.39 Å². The highest BCUT2D eigenvalue weighted by Gasteiger charge is 2.26. The van der Waals surface area contributed by atoms with Crippen molar-refractivity contribution in [3.63, 3.8) is 0 Å². The number of hydrogen-bond donors (Lipinski definition) is 0. The average Bonchev–Trinajstić information content (AvgIpc) is 2.91. The Morgan fingerprint density at radius 3 is 2.08 bits per heavy atom. The van der Waals surface area contributed by atoms with Crippen LogP contribution in [0.1, 0.15) is 37.9 Å². The van der Waals surface area contributed by atoms with Crippen LogP contribution in [0.3, 0.4) is 0 Å². The summed E-state index contributed by atoms with van der Waals surface area (Å²) in [5.41, 5.74) is 1.23. The standard InChI is InChI=1S/C29H29BF4O2/c1-2-3-4-15-35-25-14-12-22(27(32)29(25)34)20-8-6-19(7-9-20)21-10-11-23(28(33)26(21)31)24-13-5-18(16-30)17-36-24/h2-3,6-12,14,18,24H,4-5,13,15-17,30H2,1H3/b3-2-. The first-order valence-electron chi connectivity index (χ1n) is 12.4. The van der Waals surface area contributed by atoms with E-state index in [1.165, 1.54) is 18.2 Å². The van der Waals surface area contributed by atoms with Crippen molar-refractivity contribution in [3.05, 3.63) is 89.5 Å². The average molecular weight is 496 g/mol. The molecule has 0 saturated carbocycles. The van der Waals surface area contributed by atoms with Gasteiger partial charge in [-0.2, -0.15) is 4.39 Å². The van der Waals surface area contributed by atoms with E-state index in [0.29, 0.717) is 36.5 Å². The van der Waals surface area contributed by atoms with E-state index in [0.717, 1.165) is 12.7 Å². The maximum Gasteiger partial charge on any atom is 0.201 e. The molecular weight excluding hydrogens is 467 g/mol. The van der Waals surface area contributed by atoms with Gasteiger partial charge in [0.25, 0.3) is 0 Å². The molecule has 188 valence electrons. The van der Waals surface area contributed by atoms with Crippen LogP contribution >= 0.6 is 0 Å². The predicted molar refractivity (Wildman–Crippen MR) is 137 cm³/mol. The van der Waals surface area contributed by atoms with Crippen molar-refractivity contribution < 1.29 is 27.0 Å². The van der Waals surface area contributed by atoms with Crippen LogP contribution in [0.4, 0.5) is 17.6 Å². The highest BCUT2D eigenvalue weighted by atomic mass is 19.2. The molecule has 1 heterocycles. The van der Waals surface area contributed by atoms with Crippen LogP contribution < -0.4 is 4.74 Å². The summed E-state index contributed by atoms with van der Waals surface area (Å²) in [5, 5.41) is 0. The van der Waals surface area contributed by atoms with Crippen LogP contribution in [0.25, 0.3) is 22.3 Å². The minimum absolute atomic E-state index is 0.0571. The van der Waals surface area contributed by atoms with Gasteiger partial charge in [-0.1, -0.05) is 54.9 Å². The molecule has 0 aliphatic carbocycles. The fraction of sp³-hybridized carbons (Fsp3) is 0.310. The summed E-state index contributed by atoms with van der Waals surface area (Å²) in [7, 11) is 2.09. The molecular formula is C29H29BF4O2. The molecule has 1 aliphatic heterocycles. The smallest absolute Gasteiger partial charge is 0.201 e. The van der Waals surface area contributed by atoms with E-state index in [9.17, 15) is 13.2 Å². The Hall–Kier alpha value is -3.06. The lowest BCUT2D eigenvalue weighted by Gasteiger charge is -2.29. The largest absolute Gasteiger partial charge is 0.490 e. The van der Waals surface area contributed by atoms with Gasteiger partial charge >= 0.3 is 0 Å². The van der Waals surface area contributed by atoms with Crippen molar-refractivity contribution in [2.45, 2.75) is 38.6 Å². The van der Waals surface area contributed by atoms with Crippen LogP contribution in [0.5, 0.6) is 5.75 Å². The van der Waals surface area contributed by atoms with Crippen LogP contribution in [0, 0.1) is 29.2 Å². The maximum absolute atomic E-state index is 15.0. The summed E-state index contributed by atoms with van der Waals surface area (Å²) in [6, 6.07) is 12.2. The molecule has 0 aromatic heterocycles. The van der Waals surface area contributed by atoms with Gasteiger partial charge in [0.1, 0.15) is 7.85 Å². The van der Waals surface area contributed by atoms with Crippen molar-refractivity contribution in [1.82, 2.24) is 0 Å². The highest BCUT2D eigenvalue weighted by Crippen LogP contribution is 2.37. The van der Waals surface area contributed by atoms with E-state index in [1.807, 2.05) is 19.1 Å². The van der Waals surface area contributed by atoms with Crippen molar-refractivity contribution in [2.24, 2.45) is 5.92 Å². The van der Waals surface area contributed by atoms with Crippen LogP contribution in [0.2, 0.25) is 6.32 Å². The van der Waals surface area contributed by atoms with Gasteiger partial charge in [-0.15, -0.1) is 0 Å². The summed E-state index contributed by atoms with van der Waals surface area (Å²) in [6.45, 7) is 2.65. The predicted octanol–water partition coefficient (Wildman–Crippen LogP) is 7.44. The molecule has 7 heteroatoms. The molecule has 0 N–H and O–H groups in total. The van der Waals surface area contributed by atoms with Crippen molar-refractivity contribution in [1.29, 1.82) is 0 Å². The van der Waals surface area contributed by atoms with Gasteiger partial charge in [-0.25, -0.2) is 13.2 Å². The Bertz CT molecular complexity index is 1220. The zero-order valence-electron chi connectivity index (χ0n) is 20.5. The zero-order chi connectivity index (χ0) is 25.7. The number of hydrogen-bond acceptors (Lipinski definition) is 2. The Morgan fingerprint density at radius 2 is 1.50 bits per heavy atom. The molecule has 1 aliphatic rings. The van der Waals surface area contributed by atoms with E-state index in [-0.39, 0.29) is 29.0 Å². The first kappa shape index (κ1) is 26.0. The third kappa shape index (κ3) is 5.51. The molecule has 2 atom stereocenters. The second-order valence-electron chi connectivity index (χ2n) is 9.03. The fourth-order valence-corrected chi connectivity index (χ4v) is 4.51. The van der Waals surface area contributed by atoms with Gasteiger partial charge in [-0.05, 0) is 55.4 Å². The second kappa shape index (κ2) is 11.8. The van der Waals surface area contributed by atoms with Gasteiger partial charge in [0.2, 0.25) is 5.82 Å². The number of benzene rings is 3. The third-order valence-electron chi connectivity index (χ3n) is 6.74. The number of halogens is 4. The molecule has 1 fully saturated rings. The Labute approximate surface area is 210 Å². The second-order valence-corrected chi connectivity index (χ2v) is 9.03. The fourth-order valence-electron chi connectivity index (χ4n) is 4.51. The zero-order valence-corrected chi connectivity index (χ0v) is 20.5. The van der Waals surface area contributed by atoms with Gasteiger partial charge < -0.3 is 9.47 Å². The Kier molecular flexibility index (Phi) is 8.52. The first-order chi connectivity index (χ1) is 17.4. The van der Waals surface area contributed by atoms with Gasteiger partial charge in [0.15, 0.2) is 23.2 Å². The first-order valence-corrected chi connectivity index (χ1v) is 12.4. The van der Waals surface area contributed by atoms with Gasteiger partial charge in [0.05, 0.1) is 12.7 Å². The lowest BCUT2D eigenvalue weighted by molar-refractivity contribution is -0.0142. The molecule has 0 spiro atoms. The van der Waals surface area contributed by atoms with Crippen molar-refractivity contribution >= 4 is 7.85 Å². The number of ether oxygens (including phenoxy) is 2. The molecule has 0 bridgehead atoms. The SMILES string of the molecule is BCC1CCC(c2ccc(-c3ccc(-c4ccc(OCC/C=C\C)c(F)c4F)cc3)c(F)c2F)OC1. The Balaban J connectivity index is 1.52. The van der Waals surface area contributed by atoms with Crippen molar-refractivity contribution in [3.8, 4) is 28.0 Å². The highest BCUT2D eigenvalue weighted by molar-refractivity contribution is 6.08. The molecule has 4 rings (SSSR count). The normalized spacial score (nSPS) is 18.0. The topological polar surface area (TPSA) is 18.5 Å². The Morgan fingerprint density at radius 1 is 0.861 bits per heavy atom. The van der Waals surface area contributed by atoms with E-state index in [2.05, 4.69) is 7.85 Å². The third-order valence-corrected chi connectivity index (χ3v) is 6.74. The van der Waals surface area contributed by atoms with E-state index < -0.39 is 29.4 Å². The van der Waals surface area contributed by atoms with Crippen LogP contribution in [0.15, 0.2) is 60.7 Å². The molecule has 36 heavy (non-hydrogen) atoms. The quantitative estimate of drug-likeness (QED) is 0.140. The van der Waals surface area contributed by atoms with Gasteiger partial charge in [-0.3, -0.25) is 0 Å². The molecule has 0 amide bonds. The van der Waals surface area contributed by atoms with Crippen LogP contribution in [-0.2, 0) is 4.74 Å². The molecule has 1 saturated heterocycles. The summed E-state index contributed by atoms with van der Waals surface area (Å²) in [5.74, 6) is -3.63. The van der Waals surface area contributed by atoms with Crippen molar-refractivity contribution in [2.75, 3.05) is 13.2 Å². The van der Waals surface area contributed by atoms with Gasteiger partial charge in [0, 0.05) is 23.3 Å². The summed E-state index contributed by atoms with van der Waals surface area (Å²) in [6.07, 6.45) is 6.45.